The second-order valence-electron chi connectivity index (χ2n) is 5.27. The van der Waals surface area contributed by atoms with Crippen LogP contribution in [0.4, 0.5) is 0 Å². The van der Waals surface area contributed by atoms with E-state index in [-0.39, 0.29) is 25.0 Å². The number of carbonyl (C=O) groups is 2. The number of hydrogen-bond donors (Lipinski definition) is 3. The highest BCUT2D eigenvalue weighted by Gasteiger charge is 2.16. The molecule has 0 radical (unpaired) electrons. The van der Waals surface area contributed by atoms with Crippen LogP contribution >= 0.6 is 0 Å². The van der Waals surface area contributed by atoms with Crippen molar-refractivity contribution in [3.8, 4) is 0 Å². The van der Waals surface area contributed by atoms with Gasteiger partial charge in [0.15, 0.2) is 0 Å². The summed E-state index contributed by atoms with van der Waals surface area (Å²) in [5.41, 5.74) is 14.6. The van der Waals surface area contributed by atoms with Crippen LogP contribution in [0.15, 0.2) is 48.5 Å². The molecule has 0 aliphatic heterocycles. The van der Waals surface area contributed by atoms with E-state index in [4.69, 9.17) is 16.2 Å². The fraction of sp³-hybridized carbons (Fsp3) is 0.222. The van der Waals surface area contributed by atoms with Gasteiger partial charge >= 0.3 is 5.97 Å². The Bertz CT molecular complexity index is 717. The SMILES string of the molecule is COC(=O)c1ccc([C@H](N)c2ccccc2)c(CNC(=O)CN)c1. The molecule has 1 amide bonds. The molecule has 1 atom stereocenters. The van der Waals surface area contributed by atoms with Crippen LogP contribution in [0.3, 0.4) is 0 Å². The van der Waals surface area contributed by atoms with Gasteiger partial charge in [0.05, 0.1) is 25.3 Å². The van der Waals surface area contributed by atoms with E-state index in [0.717, 1.165) is 16.7 Å². The topological polar surface area (TPSA) is 107 Å². The molecule has 0 bridgehead atoms. The quantitative estimate of drug-likeness (QED) is 0.689. The Morgan fingerprint density at radius 3 is 2.50 bits per heavy atom. The number of hydrogen-bond acceptors (Lipinski definition) is 5. The second kappa shape index (κ2) is 8.24. The number of methoxy groups -OCH3 is 1. The average Bonchev–Trinajstić information content (AvgIpc) is 2.65. The zero-order valence-electron chi connectivity index (χ0n) is 13.5. The summed E-state index contributed by atoms with van der Waals surface area (Å²) < 4.78 is 4.75. The first-order chi connectivity index (χ1) is 11.6. The fourth-order valence-electron chi connectivity index (χ4n) is 2.41. The van der Waals surface area contributed by atoms with Crippen LogP contribution in [-0.2, 0) is 16.1 Å². The van der Waals surface area contributed by atoms with Crippen molar-refractivity contribution in [3.63, 3.8) is 0 Å². The van der Waals surface area contributed by atoms with Crippen molar-refractivity contribution in [2.45, 2.75) is 12.6 Å². The van der Waals surface area contributed by atoms with Crippen molar-refractivity contribution in [1.82, 2.24) is 5.32 Å². The second-order valence-corrected chi connectivity index (χ2v) is 5.27. The third-order valence-electron chi connectivity index (χ3n) is 3.72. The molecule has 2 aromatic carbocycles. The van der Waals surface area contributed by atoms with Crippen molar-refractivity contribution in [1.29, 1.82) is 0 Å². The lowest BCUT2D eigenvalue weighted by atomic mass is 9.93. The van der Waals surface area contributed by atoms with Crippen LogP contribution in [0.1, 0.15) is 33.1 Å². The monoisotopic (exact) mass is 327 g/mol. The Labute approximate surface area is 140 Å². The molecule has 5 N–H and O–H groups in total. The molecule has 0 heterocycles. The summed E-state index contributed by atoms with van der Waals surface area (Å²) in [5, 5.41) is 2.71. The lowest BCUT2D eigenvalue weighted by molar-refractivity contribution is -0.119. The number of amides is 1. The molecule has 2 aromatic rings. The highest BCUT2D eigenvalue weighted by atomic mass is 16.5. The largest absolute Gasteiger partial charge is 0.465 e. The summed E-state index contributed by atoms with van der Waals surface area (Å²) in [7, 11) is 1.32. The van der Waals surface area contributed by atoms with E-state index < -0.39 is 5.97 Å². The van der Waals surface area contributed by atoms with Crippen LogP contribution in [0.25, 0.3) is 0 Å². The summed E-state index contributed by atoms with van der Waals surface area (Å²) in [6.45, 7) is 0.132. The summed E-state index contributed by atoms with van der Waals surface area (Å²) in [4.78, 5) is 23.2. The number of benzene rings is 2. The number of rotatable bonds is 6. The molecular weight excluding hydrogens is 306 g/mol. The Hall–Kier alpha value is -2.70. The number of ether oxygens (including phenoxy) is 1. The van der Waals surface area contributed by atoms with Gasteiger partial charge in [0, 0.05) is 6.54 Å². The van der Waals surface area contributed by atoms with Crippen molar-refractivity contribution in [2.75, 3.05) is 13.7 Å². The highest BCUT2D eigenvalue weighted by molar-refractivity contribution is 5.89. The van der Waals surface area contributed by atoms with Crippen molar-refractivity contribution in [2.24, 2.45) is 11.5 Å². The molecule has 0 spiro atoms. The lowest BCUT2D eigenvalue weighted by Crippen LogP contribution is -2.30. The minimum Gasteiger partial charge on any atom is -0.465 e. The zero-order valence-corrected chi connectivity index (χ0v) is 13.5. The summed E-state index contributed by atoms with van der Waals surface area (Å²) in [6.07, 6.45) is 0. The summed E-state index contributed by atoms with van der Waals surface area (Å²) in [6, 6.07) is 14.4. The standard InChI is InChI=1S/C18H21N3O3/c1-24-18(23)13-7-8-15(14(9-13)11-21-16(22)10-19)17(20)12-5-3-2-4-6-12/h2-9,17H,10-11,19-20H2,1H3,(H,21,22)/t17-/m1/s1. The van der Waals surface area contributed by atoms with Gasteiger partial charge < -0.3 is 21.5 Å². The van der Waals surface area contributed by atoms with Crippen LogP contribution in [0.2, 0.25) is 0 Å². The van der Waals surface area contributed by atoms with Gasteiger partial charge in [0.1, 0.15) is 0 Å². The van der Waals surface area contributed by atoms with Crippen molar-refractivity contribution >= 4 is 11.9 Å². The van der Waals surface area contributed by atoms with Crippen molar-refractivity contribution < 1.29 is 14.3 Å². The summed E-state index contributed by atoms with van der Waals surface area (Å²) in [5.74, 6) is -0.723. The van der Waals surface area contributed by atoms with E-state index in [2.05, 4.69) is 5.32 Å². The third kappa shape index (κ3) is 4.18. The Kier molecular flexibility index (Phi) is 6.06. The molecule has 0 aliphatic rings. The Morgan fingerprint density at radius 1 is 1.17 bits per heavy atom. The van der Waals surface area contributed by atoms with Gasteiger partial charge in [-0.1, -0.05) is 36.4 Å². The molecule has 126 valence electrons. The van der Waals surface area contributed by atoms with Gasteiger partial charge in [-0.25, -0.2) is 4.79 Å². The smallest absolute Gasteiger partial charge is 0.337 e. The van der Waals surface area contributed by atoms with Crippen LogP contribution in [-0.4, -0.2) is 25.5 Å². The van der Waals surface area contributed by atoms with Gasteiger partial charge in [-0.05, 0) is 28.8 Å². The third-order valence-corrected chi connectivity index (χ3v) is 3.72. The first-order valence-corrected chi connectivity index (χ1v) is 7.55. The van der Waals surface area contributed by atoms with E-state index in [1.54, 1.807) is 18.2 Å². The first-order valence-electron chi connectivity index (χ1n) is 7.55. The van der Waals surface area contributed by atoms with Crippen molar-refractivity contribution in [3.05, 3.63) is 70.8 Å². The number of nitrogens with two attached hydrogens (primary N) is 2. The van der Waals surface area contributed by atoms with E-state index in [1.165, 1.54) is 7.11 Å². The molecule has 24 heavy (non-hydrogen) atoms. The molecule has 2 rings (SSSR count). The molecule has 0 fully saturated rings. The highest BCUT2D eigenvalue weighted by Crippen LogP contribution is 2.24. The van der Waals surface area contributed by atoms with Crippen LogP contribution < -0.4 is 16.8 Å². The maximum atomic E-state index is 11.8. The average molecular weight is 327 g/mol. The van der Waals surface area contributed by atoms with E-state index in [0.29, 0.717) is 5.56 Å². The maximum absolute atomic E-state index is 11.8. The predicted molar refractivity (Wildman–Crippen MR) is 91.2 cm³/mol. The van der Waals surface area contributed by atoms with Gasteiger partial charge in [-0.15, -0.1) is 0 Å². The predicted octanol–water partition coefficient (Wildman–Crippen LogP) is 1.10. The molecule has 0 saturated heterocycles. The van der Waals surface area contributed by atoms with E-state index in [1.807, 2.05) is 30.3 Å². The fourth-order valence-corrected chi connectivity index (χ4v) is 2.41. The maximum Gasteiger partial charge on any atom is 0.337 e. The minimum atomic E-state index is -0.443. The van der Waals surface area contributed by atoms with E-state index in [9.17, 15) is 9.59 Å². The molecule has 6 nitrogen and oxygen atoms in total. The molecular formula is C18H21N3O3. The normalized spacial score (nSPS) is 11.6. The van der Waals surface area contributed by atoms with Crippen LogP contribution in [0.5, 0.6) is 0 Å². The lowest BCUT2D eigenvalue weighted by Gasteiger charge is -2.18. The minimum absolute atomic E-state index is 0.100. The van der Waals surface area contributed by atoms with Crippen LogP contribution in [0, 0.1) is 0 Å². The number of nitrogens with one attached hydrogen (secondary N) is 1. The van der Waals surface area contributed by atoms with Gasteiger partial charge in [0.25, 0.3) is 0 Å². The number of carbonyl (C=O) groups excluding carboxylic acids is 2. The molecule has 0 aromatic heterocycles. The molecule has 0 unspecified atom stereocenters. The number of esters is 1. The molecule has 0 saturated carbocycles. The molecule has 6 heteroatoms. The molecule has 0 aliphatic carbocycles. The van der Waals surface area contributed by atoms with E-state index >= 15 is 0 Å². The van der Waals surface area contributed by atoms with Gasteiger partial charge in [-0.3, -0.25) is 4.79 Å². The Morgan fingerprint density at radius 2 is 1.88 bits per heavy atom. The first kappa shape index (κ1) is 17.7. The Balaban J connectivity index is 2.37. The van der Waals surface area contributed by atoms with Gasteiger partial charge in [0.2, 0.25) is 5.91 Å². The van der Waals surface area contributed by atoms with Gasteiger partial charge in [-0.2, -0.15) is 0 Å². The summed E-state index contributed by atoms with van der Waals surface area (Å²) >= 11 is 0. The zero-order chi connectivity index (χ0) is 17.5.